The van der Waals surface area contributed by atoms with Crippen molar-refractivity contribution in [3.05, 3.63) is 23.8 Å². The average Bonchev–Trinajstić information content (AvgIpc) is 2.63. The van der Waals surface area contributed by atoms with Crippen LogP contribution in [0.15, 0.2) is 18.2 Å². The highest BCUT2D eigenvalue weighted by atomic mass is 32.1. The summed E-state index contributed by atoms with van der Waals surface area (Å²) in [7, 11) is 1.56. The van der Waals surface area contributed by atoms with Gasteiger partial charge in [0, 0.05) is 0 Å². The first kappa shape index (κ1) is 8.52. The molecule has 0 amide bonds. The standard InChI is InChI=1S/C8H6N2OS2/c1-11-8(12)5-3-2-4-6-7(5)9-10-13-6/h2-4H,1H3. The molecule has 0 aliphatic heterocycles. The molecule has 0 saturated carbocycles. The first-order valence-electron chi connectivity index (χ1n) is 3.62. The Bertz CT molecular complexity index is 452. The van der Waals surface area contributed by atoms with Crippen molar-refractivity contribution in [2.45, 2.75) is 0 Å². The highest BCUT2D eigenvalue weighted by molar-refractivity contribution is 7.80. The molecule has 1 heterocycles. The molecule has 2 aromatic rings. The van der Waals surface area contributed by atoms with Crippen molar-refractivity contribution in [2.24, 2.45) is 0 Å². The van der Waals surface area contributed by atoms with E-state index in [1.54, 1.807) is 7.11 Å². The van der Waals surface area contributed by atoms with Crippen molar-refractivity contribution in [1.82, 2.24) is 9.59 Å². The van der Waals surface area contributed by atoms with Crippen molar-refractivity contribution in [1.29, 1.82) is 0 Å². The van der Waals surface area contributed by atoms with E-state index in [-0.39, 0.29) is 0 Å². The monoisotopic (exact) mass is 210 g/mol. The van der Waals surface area contributed by atoms with Gasteiger partial charge < -0.3 is 4.74 Å². The van der Waals surface area contributed by atoms with Crippen LogP contribution in [0.5, 0.6) is 0 Å². The molecule has 2 rings (SSSR count). The fourth-order valence-corrected chi connectivity index (χ4v) is 1.83. The first-order chi connectivity index (χ1) is 6.33. The van der Waals surface area contributed by atoms with Gasteiger partial charge in [-0.15, -0.1) is 5.10 Å². The second-order valence-electron chi connectivity index (χ2n) is 2.42. The Kier molecular flexibility index (Phi) is 2.20. The minimum atomic E-state index is 0.457. The van der Waals surface area contributed by atoms with Crippen LogP contribution in [0.4, 0.5) is 0 Å². The van der Waals surface area contributed by atoms with E-state index in [2.05, 4.69) is 9.59 Å². The van der Waals surface area contributed by atoms with Gasteiger partial charge in [0.05, 0.1) is 17.4 Å². The number of ether oxygens (including phenoxy) is 1. The molecular weight excluding hydrogens is 204 g/mol. The summed E-state index contributed by atoms with van der Waals surface area (Å²) in [6, 6.07) is 5.76. The maximum Gasteiger partial charge on any atom is 0.193 e. The van der Waals surface area contributed by atoms with Gasteiger partial charge in [0.15, 0.2) is 5.05 Å². The lowest BCUT2D eigenvalue weighted by molar-refractivity contribution is 0.416. The van der Waals surface area contributed by atoms with Crippen molar-refractivity contribution in [2.75, 3.05) is 7.11 Å². The molecule has 0 bridgehead atoms. The zero-order valence-electron chi connectivity index (χ0n) is 6.85. The Morgan fingerprint density at radius 2 is 2.38 bits per heavy atom. The largest absolute Gasteiger partial charge is 0.486 e. The van der Waals surface area contributed by atoms with E-state index in [4.69, 9.17) is 17.0 Å². The summed E-state index contributed by atoms with van der Waals surface area (Å²) in [5.41, 5.74) is 1.66. The summed E-state index contributed by atoms with van der Waals surface area (Å²) < 4.78 is 9.86. The summed E-state index contributed by atoms with van der Waals surface area (Å²) >= 11 is 6.38. The first-order valence-corrected chi connectivity index (χ1v) is 4.80. The highest BCUT2D eigenvalue weighted by Gasteiger charge is 2.08. The van der Waals surface area contributed by atoms with E-state index >= 15 is 0 Å². The lowest BCUT2D eigenvalue weighted by atomic mass is 10.2. The predicted molar refractivity (Wildman–Crippen MR) is 56.1 cm³/mol. The Hall–Kier alpha value is -1.07. The molecule has 1 aromatic carbocycles. The van der Waals surface area contributed by atoms with Gasteiger partial charge in [0.2, 0.25) is 0 Å². The second kappa shape index (κ2) is 3.35. The lowest BCUT2D eigenvalue weighted by Gasteiger charge is -2.01. The van der Waals surface area contributed by atoms with Crippen LogP contribution in [0.3, 0.4) is 0 Å². The minimum Gasteiger partial charge on any atom is -0.486 e. The third-order valence-electron chi connectivity index (χ3n) is 1.68. The quantitative estimate of drug-likeness (QED) is 0.674. The molecule has 0 fully saturated rings. The number of hydrogen-bond donors (Lipinski definition) is 0. The van der Waals surface area contributed by atoms with Crippen LogP contribution in [0, 0.1) is 0 Å². The number of thiocarbonyl (C=S) groups is 1. The Morgan fingerprint density at radius 1 is 1.54 bits per heavy atom. The molecule has 0 aliphatic rings. The maximum absolute atomic E-state index is 5.03. The number of fused-ring (bicyclic) bond motifs is 1. The molecule has 66 valence electrons. The van der Waals surface area contributed by atoms with Gasteiger partial charge in [-0.05, 0) is 35.9 Å². The van der Waals surface area contributed by atoms with Gasteiger partial charge in [-0.1, -0.05) is 10.6 Å². The normalized spacial score (nSPS) is 10.2. The van der Waals surface area contributed by atoms with Crippen LogP contribution in [-0.2, 0) is 4.74 Å². The second-order valence-corrected chi connectivity index (χ2v) is 3.57. The van der Waals surface area contributed by atoms with Crippen LogP contribution >= 0.6 is 23.8 Å². The van der Waals surface area contributed by atoms with E-state index in [9.17, 15) is 0 Å². The van der Waals surface area contributed by atoms with Crippen LogP contribution in [0.1, 0.15) is 5.56 Å². The number of methoxy groups -OCH3 is 1. The molecule has 0 N–H and O–H groups in total. The van der Waals surface area contributed by atoms with Gasteiger partial charge in [0.25, 0.3) is 0 Å². The van der Waals surface area contributed by atoms with Crippen molar-refractivity contribution < 1.29 is 4.74 Å². The fourth-order valence-electron chi connectivity index (χ4n) is 1.08. The van der Waals surface area contributed by atoms with E-state index < -0.39 is 0 Å². The summed E-state index contributed by atoms with van der Waals surface area (Å²) in [6.45, 7) is 0. The van der Waals surface area contributed by atoms with Crippen molar-refractivity contribution >= 4 is 39.0 Å². The molecular formula is C8H6N2OS2. The number of hydrogen-bond acceptors (Lipinski definition) is 5. The van der Waals surface area contributed by atoms with Crippen LogP contribution in [0.2, 0.25) is 0 Å². The third kappa shape index (κ3) is 1.40. The van der Waals surface area contributed by atoms with Crippen LogP contribution in [-0.4, -0.2) is 21.7 Å². The van der Waals surface area contributed by atoms with Gasteiger partial charge in [-0.25, -0.2) is 0 Å². The maximum atomic E-state index is 5.03. The van der Waals surface area contributed by atoms with Gasteiger partial charge >= 0.3 is 0 Å². The number of nitrogens with zero attached hydrogens (tertiary/aromatic N) is 2. The number of rotatable bonds is 1. The molecule has 13 heavy (non-hydrogen) atoms. The number of benzene rings is 1. The van der Waals surface area contributed by atoms with Crippen LogP contribution in [0.25, 0.3) is 10.2 Å². The highest BCUT2D eigenvalue weighted by Crippen LogP contribution is 2.19. The van der Waals surface area contributed by atoms with Gasteiger partial charge in [-0.2, -0.15) is 0 Å². The van der Waals surface area contributed by atoms with Gasteiger partial charge in [-0.3, -0.25) is 0 Å². The van der Waals surface area contributed by atoms with E-state index in [0.717, 1.165) is 15.8 Å². The topological polar surface area (TPSA) is 35.0 Å². The summed E-state index contributed by atoms with van der Waals surface area (Å²) in [6.07, 6.45) is 0. The fraction of sp³-hybridized carbons (Fsp3) is 0.125. The van der Waals surface area contributed by atoms with Crippen molar-refractivity contribution in [3.63, 3.8) is 0 Å². The molecule has 1 aromatic heterocycles. The molecule has 5 heteroatoms. The zero-order chi connectivity index (χ0) is 9.26. The summed E-state index contributed by atoms with van der Waals surface area (Å²) in [5, 5.41) is 4.45. The molecule has 0 saturated heterocycles. The molecule has 0 atom stereocenters. The van der Waals surface area contributed by atoms with Crippen molar-refractivity contribution in [3.8, 4) is 0 Å². The number of aromatic nitrogens is 2. The Balaban J connectivity index is 2.67. The van der Waals surface area contributed by atoms with E-state index in [1.165, 1.54) is 11.5 Å². The lowest BCUT2D eigenvalue weighted by Crippen LogP contribution is -1.99. The van der Waals surface area contributed by atoms with E-state index in [1.807, 2.05) is 18.2 Å². The Morgan fingerprint density at radius 3 is 3.15 bits per heavy atom. The molecule has 0 radical (unpaired) electrons. The molecule has 0 aliphatic carbocycles. The zero-order valence-corrected chi connectivity index (χ0v) is 8.48. The molecule has 3 nitrogen and oxygen atoms in total. The van der Waals surface area contributed by atoms with Gasteiger partial charge in [0.1, 0.15) is 5.52 Å². The minimum absolute atomic E-state index is 0.457. The van der Waals surface area contributed by atoms with E-state index in [0.29, 0.717) is 5.05 Å². The van der Waals surface area contributed by atoms with Crippen LogP contribution < -0.4 is 0 Å². The predicted octanol–water partition coefficient (Wildman–Crippen LogP) is 2.01. The summed E-state index contributed by atoms with van der Waals surface area (Å²) in [4.78, 5) is 0. The summed E-state index contributed by atoms with van der Waals surface area (Å²) in [5.74, 6) is 0. The Labute approximate surface area is 84.5 Å². The average molecular weight is 210 g/mol. The smallest absolute Gasteiger partial charge is 0.193 e. The molecule has 0 spiro atoms. The SMILES string of the molecule is COC(=S)c1cccc2snnc12. The molecule has 0 unspecified atom stereocenters. The third-order valence-corrected chi connectivity index (χ3v) is 2.76.